The Bertz CT molecular complexity index is 421. The predicted molar refractivity (Wildman–Crippen MR) is 77.5 cm³/mol. The van der Waals surface area contributed by atoms with Crippen molar-refractivity contribution in [3.05, 3.63) is 35.9 Å². The van der Waals surface area contributed by atoms with Gasteiger partial charge in [0.05, 0.1) is 13.2 Å². The largest absolute Gasteiger partial charge is 0.480 e. The van der Waals surface area contributed by atoms with Crippen LogP contribution in [0.4, 0.5) is 0 Å². The van der Waals surface area contributed by atoms with Gasteiger partial charge >= 0.3 is 5.97 Å². The van der Waals surface area contributed by atoms with Crippen LogP contribution in [0.15, 0.2) is 30.3 Å². The first-order valence-electron chi connectivity index (χ1n) is 7.29. The van der Waals surface area contributed by atoms with Crippen molar-refractivity contribution in [3.8, 4) is 0 Å². The lowest BCUT2D eigenvalue weighted by Gasteiger charge is -2.22. The summed E-state index contributed by atoms with van der Waals surface area (Å²) in [7, 11) is 0. The summed E-state index contributed by atoms with van der Waals surface area (Å²) in [6.07, 6.45) is 1.69. The van der Waals surface area contributed by atoms with Crippen LogP contribution in [-0.2, 0) is 16.1 Å². The summed E-state index contributed by atoms with van der Waals surface area (Å²) in [6, 6.07) is 9.78. The molecule has 20 heavy (non-hydrogen) atoms. The summed E-state index contributed by atoms with van der Waals surface area (Å²) < 4.78 is 5.75. The van der Waals surface area contributed by atoms with Crippen LogP contribution in [0.5, 0.6) is 0 Å². The van der Waals surface area contributed by atoms with Gasteiger partial charge in [-0.25, -0.2) is 0 Å². The fourth-order valence-electron chi connectivity index (χ4n) is 2.79. The maximum Gasteiger partial charge on any atom is 0.320 e. The number of carboxylic acids is 1. The zero-order chi connectivity index (χ0) is 14.4. The van der Waals surface area contributed by atoms with E-state index in [1.807, 2.05) is 25.1 Å². The van der Waals surface area contributed by atoms with Gasteiger partial charge in [0.25, 0.3) is 0 Å². The summed E-state index contributed by atoms with van der Waals surface area (Å²) in [5, 5.41) is 9.17. The van der Waals surface area contributed by atoms with Crippen LogP contribution in [0.3, 0.4) is 0 Å². The van der Waals surface area contributed by atoms with E-state index < -0.39 is 5.97 Å². The molecule has 2 unspecified atom stereocenters. The molecule has 1 aliphatic heterocycles. The molecule has 2 rings (SSSR count). The number of carbonyl (C=O) groups is 1. The van der Waals surface area contributed by atoms with Gasteiger partial charge < -0.3 is 9.84 Å². The molecule has 0 aliphatic carbocycles. The summed E-state index contributed by atoms with van der Waals surface area (Å²) in [4.78, 5) is 13.2. The van der Waals surface area contributed by atoms with Gasteiger partial charge in [-0.05, 0) is 30.9 Å². The van der Waals surface area contributed by atoms with Gasteiger partial charge in [0.1, 0.15) is 6.04 Å². The Balaban J connectivity index is 1.72. The van der Waals surface area contributed by atoms with Gasteiger partial charge in [-0.15, -0.1) is 0 Å². The normalized spacial score (nSPS) is 20.9. The van der Waals surface area contributed by atoms with E-state index in [0.717, 1.165) is 19.5 Å². The SMILES string of the molecule is CCC(C(=O)O)N1CCC(COCc2ccccc2)C1. The Kier molecular flexibility index (Phi) is 5.56. The molecule has 1 aromatic rings. The van der Waals surface area contributed by atoms with Gasteiger partial charge in [-0.2, -0.15) is 0 Å². The van der Waals surface area contributed by atoms with Crippen LogP contribution in [0.1, 0.15) is 25.3 Å². The molecule has 1 aromatic carbocycles. The van der Waals surface area contributed by atoms with Crippen molar-refractivity contribution >= 4 is 5.97 Å². The highest BCUT2D eigenvalue weighted by molar-refractivity contribution is 5.73. The number of aliphatic carboxylic acids is 1. The fourth-order valence-corrected chi connectivity index (χ4v) is 2.79. The lowest BCUT2D eigenvalue weighted by atomic mass is 10.1. The van der Waals surface area contributed by atoms with Crippen molar-refractivity contribution in [2.45, 2.75) is 32.4 Å². The minimum absolute atomic E-state index is 0.339. The van der Waals surface area contributed by atoms with E-state index in [4.69, 9.17) is 4.74 Å². The minimum atomic E-state index is -0.710. The highest BCUT2D eigenvalue weighted by Gasteiger charge is 2.31. The zero-order valence-corrected chi connectivity index (χ0v) is 12.0. The molecule has 1 N–H and O–H groups in total. The molecule has 110 valence electrons. The molecule has 1 heterocycles. The van der Waals surface area contributed by atoms with E-state index in [0.29, 0.717) is 25.6 Å². The van der Waals surface area contributed by atoms with Gasteiger partial charge in [0, 0.05) is 6.54 Å². The van der Waals surface area contributed by atoms with Crippen LogP contribution in [0, 0.1) is 5.92 Å². The van der Waals surface area contributed by atoms with Gasteiger partial charge in [-0.3, -0.25) is 9.69 Å². The van der Waals surface area contributed by atoms with Gasteiger partial charge in [0.15, 0.2) is 0 Å². The van der Waals surface area contributed by atoms with Crippen LogP contribution >= 0.6 is 0 Å². The third-order valence-electron chi connectivity index (χ3n) is 3.89. The molecule has 0 bridgehead atoms. The van der Waals surface area contributed by atoms with Crippen molar-refractivity contribution in [1.82, 2.24) is 4.90 Å². The number of hydrogen-bond acceptors (Lipinski definition) is 3. The first kappa shape index (κ1) is 15.0. The fraction of sp³-hybridized carbons (Fsp3) is 0.562. The quantitative estimate of drug-likeness (QED) is 0.831. The number of benzene rings is 1. The number of ether oxygens (including phenoxy) is 1. The second-order valence-corrected chi connectivity index (χ2v) is 5.41. The number of likely N-dealkylation sites (tertiary alicyclic amines) is 1. The van der Waals surface area contributed by atoms with Gasteiger partial charge in [-0.1, -0.05) is 37.3 Å². The average Bonchev–Trinajstić information content (AvgIpc) is 2.89. The second kappa shape index (κ2) is 7.41. The number of hydrogen-bond donors (Lipinski definition) is 1. The Morgan fingerprint density at radius 1 is 1.45 bits per heavy atom. The third-order valence-corrected chi connectivity index (χ3v) is 3.89. The zero-order valence-electron chi connectivity index (χ0n) is 12.0. The summed E-state index contributed by atoms with van der Waals surface area (Å²) >= 11 is 0. The topological polar surface area (TPSA) is 49.8 Å². The summed E-state index contributed by atoms with van der Waals surface area (Å²) in [5.74, 6) is -0.259. The van der Waals surface area contributed by atoms with E-state index in [2.05, 4.69) is 17.0 Å². The highest BCUT2D eigenvalue weighted by Crippen LogP contribution is 2.20. The smallest absolute Gasteiger partial charge is 0.320 e. The molecule has 0 saturated carbocycles. The first-order valence-corrected chi connectivity index (χ1v) is 7.29. The maximum atomic E-state index is 11.2. The van der Waals surface area contributed by atoms with Crippen molar-refractivity contribution in [1.29, 1.82) is 0 Å². The first-order chi connectivity index (χ1) is 9.70. The molecule has 0 aromatic heterocycles. The Labute approximate surface area is 120 Å². The number of rotatable bonds is 7. The van der Waals surface area contributed by atoms with E-state index in [1.165, 1.54) is 5.56 Å². The average molecular weight is 277 g/mol. The molecule has 4 heteroatoms. The number of carboxylic acid groups (broad SMARTS) is 1. The van der Waals surface area contributed by atoms with E-state index in [9.17, 15) is 9.90 Å². The van der Waals surface area contributed by atoms with E-state index in [1.54, 1.807) is 0 Å². The number of nitrogens with zero attached hydrogens (tertiary/aromatic N) is 1. The second-order valence-electron chi connectivity index (χ2n) is 5.41. The molecule has 0 amide bonds. The highest BCUT2D eigenvalue weighted by atomic mass is 16.5. The summed E-state index contributed by atoms with van der Waals surface area (Å²) in [5.41, 5.74) is 1.18. The monoisotopic (exact) mass is 277 g/mol. The minimum Gasteiger partial charge on any atom is -0.480 e. The van der Waals surface area contributed by atoms with Crippen LogP contribution in [0.25, 0.3) is 0 Å². The third kappa shape index (κ3) is 4.05. The molecular weight excluding hydrogens is 254 g/mol. The predicted octanol–water partition coefficient (Wildman–Crippen LogP) is 2.39. The molecule has 2 atom stereocenters. The van der Waals surface area contributed by atoms with Crippen LogP contribution < -0.4 is 0 Å². The molecule has 0 radical (unpaired) electrons. The molecule has 1 aliphatic rings. The van der Waals surface area contributed by atoms with Crippen molar-refractivity contribution < 1.29 is 14.6 Å². The van der Waals surface area contributed by atoms with Crippen molar-refractivity contribution in [3.63, 3.8) is 0 Å². The lowest BCUT2D eigenvalue weighted by molar-refractivity contribution is -0.143. The molecular formula is C16H23NO3. The standard InChI is InChI=1S/C16H23NO3/c1-2-15(16(18)19)17-9-8-14(10-17)12-20-11-13-6-4-3-5-7-13/h3-7,14-15H,2,8-12H2,1H3,(H,18,19). The van der Waals surface area contributed by atoms with Crippen molar-refractivity contribution in [2.75, 3.05) is 19.7 Å². The Morgan fingerprint density at radius 3 is 2.85 bits per heavy atom. The Morgan fingerprint density at radius 2 is 2.20 bits per heavy atom. The lowest BCUT2D eigenvalue weighted by Crippen LogP contribution is -2.39. The van der Waals surface area contributed by atoms with Gasteiger partial charge in [0.2, 0.25) is 0 Å². The van der Waals surface area contributed by atoms with Crippen LogP contribution in [0.2, 0.25) is 0 Å². The van der Waals surface area contributed by atoms with Crippen LogP contribution in [-0.4, -0.2) is 41.7 Å². The Hall–Kier alpha value is -1.39. The van der Waals surface area contributed by atoms with E-state index >= 15 is 0 Å². The summed E-state index contributed by atoms with van der Waals surface area (Å²) in [6.45, 7) is 4.97. The molecule has 4 nitrogen and oxygen atoms in total. The van der Waals surface area contributed by atoms with Crippen molar-refractivity contribution in [2.24, 2.45) is 5.92 Å². The molecule has 1 fully saturated rings. The molecule has 0 spiro atoms. The van der Waals surface area contributed by atoms with E-state index in [-0.39, 0.29) is 6.04 Å². The molecule has 1 saturated heterocycles. The maximum absolute atomic E-state index is 11.2.